The Morgan fingerprint density at radius 2 is 1.09 bits per heavy atom. The van der Waals surface area contributed by atoms with E-state index in [1.54, 1.807) is 0 Å². The van der Waals surface area contributed by atoms with Gasteiger partial charge in [-0.05, 0) is 68.8 Å². The highest BCUT2D eigenvalue weighted by Gasteiger charge is 2.49. The van der Waals surface area contributed by atoms with Crippen molar-refractivity contribution in [3.8, 4) is 22.3 Å². The van der Waals surface area contributed by atoms with Gasteiger partial charge in [-0.2, -0.15) is 0 Å². The first-order chi connectivity index (χ1) is 16.3. The average molecular weight is 459 g/mol. The summed E-state index contributed by atoms with van der Waals surface area (Å²) >= 11 is 8.18. The summed E-state index contributed by atoms with van der Waals surface area (Å²) in [6, 6.07) is 41.8. The summed E-state index contributed by atoms with van der Waals surface area (Å²) in [4.78, 5) is 2.62. The Kier molecular flexibility index (Phi) is 4.15. The van der Waals surface area contributed by atoms with Gasteiger partial charge in [-0.25, -0.2) is 0 Å². The van der Waals surface area contributed by atoms with Crippen LogP contribution in [-0.4, -0.2) is 0 Å². The average Bonchev–Trinajstić information content (AvgIpc) is 3.15. The molecule has 7 rings (SSSR count). The number of hydrogen-bond acceptors (Lipinski definition) is 1. The molecule has 0 unspecified atom stereocenters. The maximum Gasteiger partial charge on any atom is 0.0735 e. The smallest absolute Gasteiger partial charge is 0.0735 e. The number of benzene rings is 5. The van der Waals surface area contributed by atoms with Gasteiger partial charge in [0.2, 0.25) is 0 Å². The minimum atomic E-state index is -0.308. The van der Waals surface area contributed by atoms with Crippen LogP contribution in [0.15, 0.2) is 125 Å². The second kappa shape index (κ2) is 7.12. The molecule has 0 atom stereocenters. The predicted octanol–water partition coefficient (Wildman–Crippen LogP) is 8.83. The van der Waals surface area contributed by atoms with Gasteiger partial charge < -0.3 is 0 Å². The van der Waals surface area contributed by atoms with Crippen molar-refractivity contribution in [1.29, 1.82) is 0 Å². The molecule has 0 aromatic heterocycles. The van der Waals surface area contributed by atoms with Crippen molar-refractivity contribution in [2.45, 2.75) is 15.2 Å². The van der Waals surface area contributed by atoms with E-state index in [0.29, 0.717) is 0 Å². The number of rotatable bonds is 1. The Hall–Kier alpha value is -3.26. The molecule has 1 aliphatic carbocycles. The third-order valence-electron chi connectivity index (χ3n) is 7.01. The van der Waals surface area contributed by atoms with Crippen LogP contribution in [-0.2, 0) is 5.41 Å². The van der Waals surface area contributed by atoms with Crippen LogP contribution in [0.1, 0.15) is 22.3 Å². The number of halogens is 1. The topological polar surface area (TPSA) is 0 Å². The van der Waals surface area contributed by atoms with Gasteiger partial charge in [0.15, 0.2) is 0 Å². The van der Waals surface area contributed by atoms with E-state index >= 15 is 0 Å². The molecule has 33 heavy (non-hydrogen) atoms. The lowest BCUT2D eigenvalue weighted by molar-refractivity contribution is 0.722. The monoisotopic (exact) mass is 458 g/mol. The molecule has 1 aliphatic heterocycles. The van der Waals surface area contributed by atoms with Crippen LogP contribution in [0.3, 0.4) is 0 Å². The van der Waals surface area contributed by atoms with E-state index < -0.39 is 0 Å². The van der Waals surface area contributed by atoms with Gasteiger partial charge in [0, 0.05) is 14.8 Å². The first-order valence-corrected chi connectivity index (χ1v) is 12.3. The fourth-order valence-corrected chi connectivity index (χ4v) is 7.13. The standard InChI is InChI=1S/C31H19ClS/c32-22-9-7-8-20(18-22)21-16-17-28-30(19-21)33-29-15-6-5-14-27(29)31(28)25-12-3-1-10-23(25)24-11-2-4-13-26(24)31/h1-19H. The van der Waals surface area contributed by atoms with Crippen LogP contribution in [0.2, 0.25) is 5.02 Å². The lowest BCUT2D eigenvalue weighted by Crippen LogP contribution is -2.31. The molecule has 0 fully saturated rings. The summed E-state index contributed by atoms with van der Waals surface area (Å²) in [5.41, 5.74) is 10.2. The Balaban J connectivity index is 1.58. The Morgan fingerprint density at radius 1 is 0.485 bits per heavy atom. The minimum absolute atomic E-state index is 0.308. The van der Waals surface area contributed by atoms with Crippen molar-refractivity contribution in [1.82, 2.24) is 0 Å². The van der Waals surface area contributed by atoms with E-state index in [0.717, 1.165) is 10.6 Å². The van der Waals surface area contributed by atoms with Crippen LogP contribution in [0.4, 0.5) is 0 Å². The second-order valence-corrected chi connectivity index (χ2v) is 10.2. The van der Waals surface area contributed by atoms with Crippen LogP contribution >= 0.6 is 23.4 Å². The van der Waals surface area contributed by atoms with Crippen LogP contribution < -0.4 is 0 Å². The molecule has 2 aliphatic rings. The molecule has 1 spiro atoms. The van der Waals surface area contributed by atoms with E-state index in [2.05, 4.69) is 97.1 Å². The fourth-order valence-electron chi connectivity index (χ4n) is 5.71. The van der Waals surface area contributed by atoms with Crippen molar-refractivity contribution in [2.24, 2.45) is 0 Å². The summed E-state index contributed by atoms with van der Waals surface area (Å²) in [7, 11) is 0. The Labute approximate surface area is 202 Å². The Bertz CT molecular complexity index is 1520. The second-order valence-electron chi connectivity index (χ2n) is 8.66. The molecule has 0 bridgehead atoms. The lowest BCUT2D eigenvalue weighted by Gasteiger charge is -2.39. The maximum absolute atomic E-state index is 6.31. The zero-order valence-electron chi connectivity index (χ0n) is 17.8. The third-order valence-corrected chi connectivity index (χ3v) is 8.38. The summed E-state index contributed by atoms with van der Waals surface area (Å²) in [6.45, 7) is 0. The van der Waals surface area contributed by atoms with Crippen molar-refractivity contribution in [3.63, 3.8) is 0 Å². The number of hydrogen-bond donors (Lipinski definition) is 0. The molecule has 0 saturated heterocycles. The van der Waals surface area contributed by atoms with Gasteiger partial charge in [0.05, 0.1) is 5.41 Å². The zero-order valence-corrected chi connectivity index (χ0v) is 19.3. The van der Waals surface area contributed by atoms with E-state index in [-0.39, 0.29) is 5.41 Å². The van der Waals surface area contributed by atoms with Gasteiger partial charge in [-0.1, -0.05) is 114 Å². The summed E-state index contributed by atoms with van der Waals surface area (Å²) in [5, 5.41) is 0.762. The van der Waals surface area contributed by atoms with Crippen molar-refractivity contribution in [3.05, 3.63) is 143 Å². The van der Waals surface area contributed by atoms with Crippen LogP contribution in [0.25, 0.3) is 22.3 Å². The predicted molar refractivity (Wildman–Crippen MR) is 138 cm³/mol. The van der Waals surface area contributed by atoms with Crippen molar-refractivity contribution in [2.75, 3.05) is 0 Å². The van der Waals surface area contributed by atoms with E-state index in [4.69, 9.17) is 11.6 Å². The lowest BCUT2D eigenvalue weighted by atomic mass is 9.67. The van der Waals surface area contributed by atoms with E-state index in [1.165, 1.54) is 48.7 Å². The van der Waals surface area contributed by atoms with Crippen molar-refractivity contribution < 1.29 is 0 Å². The molecule has 0 saturated carbocycles. The molecule has 0 nitrogen and oxygen atoms in total. The van der Waals surface area contributed by atoms with E-state index in [1.807, 2.05) is 30.0 Å². The highest BCUT2D eigenvalue weighted by atomic mass is 35.5. The van der Waals surface area contributed by atoms with Gasteiger partial charge in [-0.3, -0.25) is 0 Å². The normalized spacial score (nSPS) is 14.3. The quantitative estimate of drug-likeness (QED) is 0.237. The van der Waals surface area contributed by atoms with Crippen molar-refractivity contribution >= 4 is 23.4 Å². The largest absolute Gasteiger partial charge is 0.0894 e. The highest BCUT2D eigenvalue weighted by Crippen LogP contribution is 2.62. The number of fused-ring (bicyclic) bond motifs is 9. The van der Waals surface area contributed by atoms with E-state index in [9.17, 15) is 0 Å². The first kappa shape index (κ1) is 19.2. The molecular formula is C31H19ClS. The minimum Gasteiger partial charge on any atom is -0.0894 e. The Morgan fingerprint density at radius 3 is 1.82 bits per heavy atom. The van der Waals surface area contributed by atoms with Crippen LogP contribution in [0, 0.1) is 0 Å². The summed E-state index contributed by atoms with van der Waals surface area (Å²) < 4.78 is 0. The van der Waals surface area contributed by atoms with Gasteiger partial charge in [-0.15, -0.1) is 0 Å². The molecule has 0 N–H and O–H groups in total. The SMILES string of the molecule is Clc1cccc(-c2ccc3c(c2)Sc2ccccc2C32c3ccccc3-c3ccccc32)c1. The molecular weight excluding hydrogens is 440 g/mol. The van der Waals surface area contributed by atoms with Gasteiger partial charge in [0.1, 0.15) is 0 Å². The molecule has 156 valence electrons. The maximum atomic E-state index is 6.31. The molecule has 1 heterocycles. The molecule has 5 aromatic carbocycles. The zero-order chi connectivity index (χ0) is 22.0. The highest BCUT2D eigenvalue weighted by molar-refractivity contribution is 7.99. The third kappa shape index (κ3) is 2.61. The molecule has 5 aromatic rings. The van der Waals surface area contributed by atoms with Crippen LogP contribution in [0.5, 0.6) is 0 Å². The molecule has 0 radical (unpaired) electrons. The molecule has 2 heteroatoms. The first-order valence-electron chi connectivity index (χ1n) is 11.1. The fraction of sp³-hybridized carbons (Fsp3) is 0.0323. The molecule has 0 amide bonds. The van der Waals surface area contributed by atoms with Gasteiger partial charge >= 0.3 is 0 Å². The summed E-state index contributed by atoms with van der Waals surface area (Å²) in [6.07, 6.45) is 0. The summed E-state index contributed by atoms with van der Waals surface area (Å²) in [5.74, 6) is 0. The van der Waals surface area contributed by atoms with Gasteiger partial charge in [0.25, 0.3) is 0 Å².